The fourth-order valence-electron chi connectivity index (χ4n) is 3.91. The number of ether oxygens (including phenoxy) is 1. The highest BCUT2D eigenvalue weighted by molar-refractivity contribution is 7.15. The summed E-state index contributed by atoms with van der Waals surface area (Å²) in [6, 6.07) is 16.2. The van der Waals surface area contributed by atoms with Gasteiger partial charge in [0.2, 0.25) is 0 Å². The Morgan fingerprint density at radius 1 is 1.13 bits per heavy atom. The van der Waals surface area contributed by atoms with Gasteiger partial charge in [-0.2, -0.15) is 0 Å². The molecule has 6 heteroatoms. The minimum Gasteiger partial charge on any atom is -0.394 e. The third-order valence-electron chi connectivity index (χ3n) is 5.57. The molecule has 3 N–H and O–H groups in total. The Bertz CT molecular complexity index is 1020. The standard InChI is InChI=1S/C24H25FO4S/c1-15-2-5-18(24(28)13-20(27)12-21(14-26)29-24)10-17(15)11-22-8-9-23(30-22)16-3-6-19(25)7-4-16/h2-10,20-21,26-28H,11-14H2,1H3/t20-,21-,24?/m0/s1. The molecule has 3 atom stereocenters. The molecule has 4 rings (SSSR count). The molecule has 4 nitrogen and oxygen atoms in total. The number of thiophene rings is 1. The number of rotatable bonds is 5. The average Bonchev–Trinajstić information content (AvgIpc) is 3.18. The summed E-state index contributed by atoms with van der Waals surface area (Å²) >= 11 is 1.65. The van der Waals surface area contributed by atoms with Crippen LogP contribution in [0.4, 0.5) is 4.39 Å². The number of halogens is 1. The third-order valence-corrected chi connectivity index (χ3v) is 6.70. The van der Waals surface area contributed by atoms with Gasteiger partial charge in [-0.3, -0.25) is 0 Å². The maximum atomic E-state index is 13.2. The molecule has 3 aromatic rings. The summed E-state index contributed by atoms with van der Waals surface area (Å²) in [6.45, 7) is 1.77. The fourth-order valence-corrected chi connectivity index (χ4v) is 4.95. The van der Waals surface area contributed by atoms with E-state index in [1.54, 1.807) is 23.5 Å². The van der Waals surface area contributed by atoms with Crippen molar-refractivity contribution in [2.75, 3.05) is 6.61 Å². The van der Waals surface area contributed by atoms with Crippen LogP contribution in [0.15, 0.2) is 54.6 Å². The van der Waals surface area contributed by atoms with Crippen LogP contribution in [0.5, 0.6) is 0 Å². The summed E-state index contributed by atoms with van der Waals surface area (Å²) in [5.74, 6) is -1.87. The second-order valence-corrected chi connectivity index (χ2v) is 9.06. The molecule has 1 aromatic heterocycles. The SMILES string of the molecule is Cc1ccc(C2(O)C[C@@H](O)C[C@@H](CO)O2)cc1Cc1ccc(-c2ccc(F)cc2)s1. The lowest BCUT2D eigenvalue weighted by atomic mass is 9.90. The summed E-state index contributed by atoms with van der Waals surface area (Å²) in [7, 11) is 0. The van der Waals surface area contributed by atoms with Crippen LogP contribution in [0.2, 0.25) is 0 Å². The van der Waals surface area contributed by atoms with E-state index in [0.717, 1.165) is 26.4 Å². The summed E-state index contributed by atoms with van der Waals surface area (Å²) in [6.07, 6.45) is -0.271. The first-order valence-electron chi connectivity index (χ1n) is 10.00. The van der Waals surface area contributed by atoms with Gasteiger partial charge in [0, 0.05) is 34.6 Å². The van der Waals surface area contributed by atoms with Crippen LogP contribution < -0.4 is 0 Å². The molecular formula is C24H25FO4S. The molecule has 158 valence electrons. The largest absolute Gasteiger partial charge is 0.394 e. The predicted molar refractivity (Wildman–Crippen MR) is 115 cm³/mol. The molecule has 30 heavy (non-hydrogen) atoms. The van der Waals surface area contributed by atoms with Crippen molar-refractivity contribution in [2.24, 2.45) is 0 Å². The monoisotopic (exact) mass is 428 g/mol. The van der Waals surface area contributed by atoms with Crippen LogP contribution in [0, 0.1) is 12.7 Å². The van der Waals surface area contributed by atoms with E-state index in [2.05, 4.69) is 6.07 Å². The number of aliphatic hydroxyl groups is 3. The Kier molecular flexibility index (Phi) is 6.04. The molecule has 0 amide bonds. The van der Waals surface area contributed by atoms with Gasteiger partial charge in [0.05, 0.1) is 18.8 Å². The highest BCUT2D eigenvalue weighted by atomic mass is 32.1. The summed E-state index contributed by atoms with van der Waals surface area (Å²) in [5.41, 5.74) is 3.70. The lowest BCUT2D eigenvalue weighted by Gasteiger charge is -2.39. The Morgan fingerprint density at radius 3 is 2.63 bits per heavy atom. The summed E-state index contributed by atoms with van der Waals surface area (Å²) in [5, 5.41) is 30.6. The van der Waals surface area contributed by atoms with E-state index in [1.165, 1.54) is 12.1 Å². The van der Waals surface area contributed by atoms with Gasteiger partial charge in [-0.1, -0.05) is 24.3 Å². The zero-order valence-corrected chi connectivity index (χ0v) is 17.5. The Morgan fingerprint density at radius 2 is 1.90 bits per heavy atom. The average molecular weight is 429 g/mol. The van der Waals surface area contributed by atoms with Crippen LogP contribution in [0.1, 0.15) is 34.4 Å². The van der Waals surface area contributed by atoms with Gasteiger partial charge in [0.15, 0.2) is 5.79 Å². The van der Waals surface area contributed by atoms with E-state index in [9.17, 15) is 19.7 Å². The number of benzene rings is 2. The van der Waals surface area contributed by atoms with Crippen LogP contribution >= 0.6 is 11.3 Å². The van der Waals surface area contributed by atoms with E-state index in [1.807, 2.05) is 31.2 Å². The Balaban J connectivity index is 1.58. The fraction of sp³-hybridized carbons (Fsp3) is 0.333. The molecule has 2 heterocycles. The topological polar surface area (TPSA) is 69.9 Å². The van der Waals surface area contributed by atoms with Crippen molar-refractivity contribution in [3.63, 3.8) is 0 Å². The first-order chi connectivity index (χ1) is 14.4. The van der Waals surface area contributed by atoms with Crippen LogP contribution in [0.3, 0.4) is 0 Å². The molecule has 2 aromatic carbocycles. The summed E-state index contributed by atoms with van der Waals surface area (Å²) < 4.78 is 18.9. The lowest BCUT2D eigenvalue weighted by molar-refractivity contribution is -0.286. The van der Waals surface area contributed by atoms with Gasteiger partial charge in [-0.25, -0.2) is 4.39 Å². The van der Waals surface area contributed by atoms with Crippen molar-refractivity contribution in [1.82, 2.24) is 0 Å². The van der Waals surface area contributed by atoms with Crippen LogP contribution in [0.25, 0.3) is 10.4 Å². The highest BCUT2D eigenvalue weighted by Crippen LogP contribution is 2.37. The third kappa shape index (κ3) is 4.48. The molecule has 0 aliphatic carbocycles. The van der Waals surface area contributed by atoms with Crippen molar-refractivity contribution in [3.8, 4) is 10.4 Å². The minimum atomic E-state index is -1.62. The molecular weight excluding hydrogens is 403 g/mol. The minimum absolute atomic E-state index is 0.0692. The van der Waals surface area contributed by atoms with Gasteiger partial charge in [0.25, 0.3) is 0 Å². The first kappa shape index (κ1) is 21.2. The quantitative estimate of drug-likeness (QED) is 0.572. The van der Waals surface area contributed by atoms with Gasteiger partial charge < -0.3 is 20.1 Å². The molecule has 0 bridgehead atoms. The highest BCUT2D eigenvalue weighted by Gasteiger charge is 2.41. The second kappa shape index (κ2) is 8.57. The lowest BCUT2D eigenvalue weighted by Crippen LogP contribution is -2.45. The van der Waals surface area contributed by atoms with E-state index in [0.29, 0.717) is 18.4 Å². The normalized spacial score (nSPS) is 24.2. The van der Waals surface area contributed by atoms with E-state index in [-0.39, 0.29) is 18.8 Å². The van der Waals surface area contributed by atoms with E-state index >= 15 is 0 Å². The van der Waals surface area contributed by atoms with Crippen molar-refractivity contribution in [3.05, 3.63) is 82.0 Å². The van der Waals surface area contributed by atoms with Crippen molar-refractivity contribution < 1.29 is 24.4 Å². The number of hydrogen-bond acceptors (Lipinski definition) is 5. The molecule has 1 fully saturated rings. The van der Waals surface area contributed by atoms with Crippen molar-refractivity contribution >= 4 is 11.3 Å². The van der Waals surface area contributed by atoms with Gasteiger partial charge in [0.1, 0.15) is 5.82 Å². The maximum Gasteiger partial charge on any atom is 0.195 e. The Hall–Kier alpha value is -2.09. The number of aryl methyl sites for hydroxylation is 1. The van der Waals surface area contributed by atoms with Crippen molar-refractivity contribution in [2.45, 2.75) is 44.2 Å². The molecule has 1 unspecified atom stereocenters. The number of aliphatic hydroxyl groups excluding tert-OH is 2. The molecule has 1 aliphatic rings. The summed E-state index contributed by atoms with van der Waals surface area (Å²) in [4.78, 5) is 2.22. The van der Waals surface area contributed by atoms with E-state index < -0.39 is 18.0 Å². The van der Waals surface area contributed by atoms with Gasteiger partial charge in [-0.15, -0.1) is 11.3 Å². The number of hydrogen-bond donors (Lipinski definition) is 3. The van der Waals surface area contributed by atoms with Gasteiger partial charge in [-0.05, 0) is 53.9 Å². The zero-order valence-electron chi connectivity index (χ0n) is 16.7. The maximum absolute atomic E-state index is 13.2. The predicted octanol–water partition coefficient (Wildman–Crippen LogP) is 4.13. The molecule has 0 radical (unpaired) electrons. The molecule has 1 saturated heterocycles. The zero-order chi connectivity index (χ0) is 21.3. The van der Waals surface area contributed by atoms with Gasteiger partial charge >= 0.3 is 0 Å². The smallest absolute Gasteiger partial charge is 0.195 e. The first-order valence-corrected chi connectivity index (χ1v) is 10.8. The molecule has 0 saturated carbocycles. The second-order valence-electron chi connectivity index (χ2n) is 7.89. The molecule has 0 spiro atoms. The van der Waals surface area contributed by atoms with Crippen LogP contribution in [-0.4, -0.2) is 34.1 Å². The van der Waals surface area contributed by atoms with Crippen LogP contribution in [-0.2, 0) is 16.9 Å². The van der Waals surface area contributed by atoms with E-state index in [4.69, 9.17) is 4.74 Å². The molecule has 1 aliphatic heterocycles. The Labute approximate surface area is 179 Å². The van der Waals surface area contributed by atoms with Crippen molar-refractivity contribution in [1.29, 1.82) is 0 Å².